The summed E-state index contributed by atoms with van der Waals surface area (Å²) in [5.74, 6) is 0.474. The third-order valence-corrected chi connectivity index (χ3v) is 3.83. The van der Waals surface area contributed by atoms with E-state index in [9.17, 15) is 4.79 Å². The van der Waals surface area contributed by atoms with Gasteiger partial charge in [-0.1, -0.05) is 20.8 Å². The zero-order valence-corrected chi connectivity index (χ0v) is 11.7. The summed E-state index contributed by atoms with van der Waals surface area (Å²) in [5, 5.41) is 3.02. The molecule has 2 aliphatic heterocycles. The topological polar surface area (TPSA) is 47.6 Å². The van der Waals surface area contributed by atoms with Crippen LogP contribution in [0.5, 0.6) is 0 Å². The fraction of sp³-hybridized carbons (Fsp3) is 0.929. The van der Waals surface area contributed by atoms with Gasteiger partial charge >= 0.3 is 0 Å². The standard InChI is InChI=1S/C14H25NO3/c1-14(2,3)12-10(6-8-18-12)9-15-13(16)11-5-4-7-17-11/h10-12H,4-9H2,1-3H3,(H,15,16)/t10-,11-,12+/m1/s1. The highest BCUT2D eigenvalue weighted by Crippen LogP contribution is 2.34. The number of carbonyl (C=O) groups excluding carboxylic acids is 1. The van der Waals surface area contributed by atoms with Gasteiger partial charge in [0.25, 0.3) is 0 Å². The van der Waals surface area contributed by atoms with E-state index in [2.05, 4.69) is 26.1 Å². The number of nitrogens with one attached hydrogen (secondary N) is 1. The molecule has 0 unspecified atom stereocenters. The Balaban J connectivity index is 1.80. The molecule has 0 bridgehead atoms. The minimum atomic E-state index is -0.222. The number of amides is 1. The summed E-state index contributed by atoms with van der Waals surface area (Å²) >= 11 is 0. The molecule has 1 N–H and O–H groups in total. The fourth-order valence-corrected chi connectivity index (χ4v) is 2.93. The van der Waals surface area contributed by atoms with E-state index in [0.717, 1.165) is 32.5 Å². The van der Waals surface area contributed by atoms with Crippen LogP contribution in [-0.2, 0) is 14.3 Å². The molecular weight excluding hydrogens is 230 g/mol. The van der Waals surface area contributed by atoms with Gasteiger partial charge < -0.3 is 14.8 Å². The minimum Gasteiger partial charge on any atom is -0.377 e. The van der Waals surface area contributed by atoms with Crippen molar-refractivity contribution in [3.63, 3.8) is 0 Å². The largest absolute Gasteiger partial charge is 0.377 e. The number of hydrogen-bond donors (Lipinski definition) is 1. The van der Waals surface area contributed by atoms with Gasteiger partial charge in [-0.05, 0) is 24.7 Å². The van der Waals surface area contributed by atoms with Crippen LogP contribution in [-0.4, -0.2) is 37.9 Å². The Hall–Kier alpha value is -0.610. The molecule has 2 fully saturated rings. The van der Waals surface area contributed by atoms with Crippen LogP contribution in [0.15, 0.2) is 0 Å². The number of ether oxygens (including phenoxy) is 2. The summed E-state index contributed by atoms with van der Waals surface area (Å²) < 4.78 is 11.2. The second-order valence-corrected chi connectivity index (χ2v) is 6.45. The van der Waals surface area contributed by atoms with Gasteiger partial charge in [-0.3, -0.25) is 4.79 Å². The Morgan fingerprint density at radius 3 is 2.61 bits per heavy atom. The quantitative estimate of drug-likeness (QED) is 0.835. The Morgan fingerprint density at radius 1 is 1.22 bits per heavy atom. The van der Waals surface area contributed by atoms with E-state index in [4.69, 9.17) is 9.47 Å². The maximum Gasteiger partial charge on any atom is 0.249 e. The molecule has 1 amide bonds. The third-order valence-electron chi connectivity index (χ3n) is 3.83. The van der Waals surface area contributed by atoms with Gasteiger partial charge in [-0.15, -0.1) is 0 Å². The zero-order chi connectivity index (χ0) is 13.2. The molecule has 2 rings (SSSR count). The van der Waals surface area contributed by atoms with Crippen molar-refractivity contribution >= 4 is 5.91 Å². The Labute approximate surface area is 109 Å². The molecule has 0 aromatic heterocycles. The van der Waals surface area contributed by atoms with E-state index in [0.29, 0.717) is 12.5 Å². The van der Waals surface area contributed by atoms with Crippen molar-refractivity contribution in [1.82, 2.24) is 5.32 Å². The molecule has 2 aliphatic rings. The zero-order valence-electron chi connectivity index (χ0n) is 11.7. The lowest BCUT2D eigenvalue weighted by Gasteiger charge is -2.31. The van der Waals surface area contributed by atoms with Crippen LogP contribution >= 0.6 is 0 Å². The molecular formula is C14H25NO3. The smallest absolute Gasteiger partial charge is 0.249 e. The number of hydrogen-bond acceptors (Lipinski definition) is 3. The summed E-state index contributed by atoms with van der Waals surface area (Å²) in [7, 11) is 0. The van der Waals surface area contributed by atoms with Crippen LogP contribution in [0.1, 0.15) is 40.0 Å². The summed E-state index contributed by atoms with van der Waals surface area (Å²) in [6, 6.07) is 0. The molecule has 4 heteroatoms. The average Bonchev–Trinajstić information content (AvgIpc) is 2.95. The van der Waals surface area contributed by atoms with Gasteiger partial charge in [0.1, 0.15) is 6.10 Å². The first kappa shape index (κ1) is 13.8. The minimum absolute atomic E-state index is 0.0482. The van der Waals surface area contributed by atoms with Gasteiger partial charge in [0, 0.05) is 25.7 Å². The van der Waals surface area contributed by atoms with E-state index >= 15 is 0 Å². The van der Waals surface area contributed by atoms with Crippen LogP contribution in [0.3, 0.4) is 0 Å². The fourth-order valence-electron chi connectivity index (χ4n) is 2.93. The average molecular weight is 255 g/mol. The highest BCUT2D eigenvalue weighted by molar-refractivity contribution is 5.80. The normalized spacial score (nSPS) is 32.7. The molecule has 0 aliphatic carbocycles. The van der Waals surface area contributed by atoms with Crippen LogP contribution < -0.4 is 5.32 Å². The molecule has 0 aromatic rings. The maximum atomic E-state index is 11.9. The molecule has 3 atom stereocenters. The Bertz CT molecular complexity index is 292. The Morgan fingerprint density at radius 2 is 2.00 bits per heavy atom. The first-order valence-electron chi connectivity index (χ1n) is 6.99. The first-order valence-corrected chi connectivity index (χ1v) is 6.99. The molecule has 0 aromatic carbocycles. The van der Waals surface area contributed by atoms with Crippen molar-refractivity contribution in [2.75, 3.05) is 19.8 Å². The van der Waals surface area contributed by atoms with Gasteiger partial charge in [0.15, 0.2) is 0 Å². The number of rotatable bonds is 3. The van der Waals surface area contributed by atoms with E-state index in [1.54, 1.807) is 0 Å². The van der Waals surface area contributed by atoms with Crippen LogP contribution in [0, 0.1) is 11.3 Å². The van der Waals surface area contributed by atoms with Gasteiger partial charge in [-0.25, -0.2) is 0 Å². The van der Waals surface area contributed by atoms with Crippen molar-refractivity contribution in [2.24, 2.45) is 11.3 Å². The predicted molar refractivity (Wildman–Crippen MR) is 69.3 cm³/mol. The molecule has 0 saturated carbocycles. The maximum absolute atomic E-state index is 11.9. The second-order valence-electron chi connectivity index (χ2n) is 6.45. The summed E-state index contributed by atoms with van der Waals surface area (Å²) in [6.07, 6.45) is 2.90. The SMILES string of the molecule is CC(C)(C)[C@H]1OCC[C@@H]1CNC(=O)[C@H]1CCCO1. The van der Waals surface area contributed by atoms with E-state index < -0.39 is 0 Å². The molecule has 4 nitrogen and oxygen atoms in total. The summed E-state index contributed by atoms with van der Waals surface area (Å²) in [6.45, 7) is 8.81. The van der Waals surface area contributed by atoms with Gasteiger partial charge in [-0.2, -0.15) is 0 Å². The van der Waals surface area contributed by atoms with Crippen molar-refractivity contribution < 1.29 is 14.3 Å². The van der Waals surface area contributed by atoms with Crippen molar-refractivity contribution in [3.8, 4) is 0 Å². The van der Waals surface area contributed by atoms with Gasteiger partial charge in [0.2, 0.25) is 5.91 Å². The second kappa shape index (κ2) is 5.57. The lowest BCUT2D eigenvalue weighted by Crippen LogP contribution is -2.41. The molecule has 2 saturated heterocycles. The van der Waals surface area contributed by atoms with E-state index in [1.165, 1.54) is 0 Å². The van der Waals surface area contributed by atoms with Crippen molar-refractivity contribution in [1.29, 1.82) is 0 Å². The molecule has 2 heterocycles. The summed E-state index contributed by atoms with van der Waals surface area (Å²) in [5.41, 5.74) is 0.135. The van der Waals surface area contributed by atoms with Crippen molar-refractivity contribution in [2.45, 2.75) is 52.2 Å². The molecule has 0 radical (unpaired) electrons. The lowest BCUT2D eigenvalue weighted by atomic mass is 9.81. The Kier molecular flexibility index (Phi) is 4.28. The van der Waals surface area contributed by atoms with Crippen molar-refractivity contribution in [3.05, 3.63) is 0 Å². The van der Waals surface area contributed by atoms with Crippen LogP contribution in [0.4, 0.5) is 0 Å². The third kappa shape index (κ3) is 3.23. The number of carbonyl (C=O) groups is 1. The summed E-state index contributed by atoms with van der Waals surface area (Å²) in [4.78, 5) is 11.9. The predicted octanol–water partition coefficient (Wildman–Crippen LogP) is 1.73. The molecule has 0 spiro atoms. The van der Waals surface area contributed by atoms with Gasteiger partial charge in [0.05, 0.1) is 6.10 Å². The van der Waals surface area contributed by atoms with E-state index in [1.807, 2.05) is 0 Å². The monoisotopic (exact) mass is 255 g/mol. The molecule has 18 heavy (non-hydrogen) atoms. The highest BCUT2D eigenvalue weighted by Gasteiger charge is 2.37. The molecule has 104 valence electrons. The van der Waals surface area contributed by atoms with E-state index in [-0.39, 0.29) is 23.5 Å². The lowest BCUT2D eigenvalue weighted by molar-refractivity contribution is -0.130. The highest BCUT2D eigenvalue weighted by atomic mass is 16.5. The van der Waals surface area contributed by atoms with Crippen LogP contribution in [0.2, 0.25) is 0 Å². The first-order chi connectivity index (χ1) is 8.48. The van der Waals surface area contributed by atoms with Crippen LogP contribution in [0.25, 0.3) is 0 Å².